The number of aromatic nitrogens is 2. The molecule has 106 valence electrons. The molecule has 0 atom stereocenters. The normalized spacial score (nSPS) is 10.2. The Balaban J connectivity index is 2.33. The molecular formula is C12H18N2O4S. The van der Waals surface area contributed by atoms with E-state index in [1.54, 1.807) is 6.92 Å². The highest BCUT2D eigenvalue weighted by molar-refractivity contribution is 7.99. The molecule has 0 radical (unpaired) electrons. The molecule has 0 bridgehead atoms. The van der Waals surface area contributed by atoms with Crippen LogP contribution in [0.3, 0.4) is 0 Å². The Morgan fingerprint density at radius 3 is 2.84 bits per heavy atom. The molecule has 0 aromatic carbocycles. The lowest BCUT2D eigenvalue weighted by atomic mass is 10.4. The fourth-order valence-electron chi connectivity index (χ4n) is 1.19. The van der Waals surface area contributed by atoms with Crippen LogP contribution in [-0.4, -0.2) is 40.9 Å². The van der Waals surface area contributed by atoms with E-state index < -0.39 is 5.97 Å². The number of H-pyrrole nitrogens is 1. The van der Waals surface area contributed by atoms with Gasteiger partial charge < -0.3 is 14.5 Å². The summed E-state index contributed by atoms with van der Waals surface area (Å²) in [6.45, 7) is 4.52. The first kappa shape index (κ1) is 15.6. The van der Waals surface area contributed by atoms with E-state index in [1.165, 1.54) is 18.0 Å². The predicted octanol–water partition coefficient (Wildman–Crippen LogP) is 2.02. The summed E-state index contributed by atoms with van der Waals surface area (Å²) in [6.07, 6.45) is 3.24. The maximum atomic E-state index is 11.4. The highest BCUT2D eigenvalue weighted by Crippen LogP contribution is 2.14. The second-order valence-electron chi connectivity index (χ2n) is 3.69. The molecule has 0 spiro atoms. The number of nitrogens with one attached hydrogen (secondary N) is 1. The van der Waals surface area contributed by atoms with Crippen LogP contribution in [0, 0.1) is 0 Å². The largest absolute Gasteiger partial charge is 0.465 e. The number of aromatic amines is 1. The summed E-state index contributed by atoms with van der Waals surface area (Å²) < 4.78 is 9.83. The third kappa shape index (κ3) is 5.78. The monoisotopic (exact) mass is 286 g/mol. The van der Waals surface area contributed by atoms with Gasteiger partial charge in [0, 0.05) is 0 Å². The summed E-state index contributed by atoms with van der Waals surface area (Å²) in [5.41, 5.74) is 0.281. The van der Waals surface area contributed by atoms with E-state index in [2.05, 4.69) is 9.97 Å². The predicted molar refractivity (Wildman–Crippen MR) is 71.1 cm³/mol. The van der Waals surface area contributed by atoms with Gasteiger partial charge in [-0.3, -0.25) is 4.79 Å². The van der Waals surface area contributed by atoms with Gasteiger partial charge in [-0.1, -0.05) is 25.1 Å². The zero-order valence-electron chi connectivity index (χ0n) is 11.1. The Kier molecular flexibility index (Phi) is 7.02. The van der Waals surface area contributed by atoms with Crippen molar-refractivity contribution in [3.8, 4) is 0 Å². The third-order valence-electron chi connectivity index (χ3n) is 2.14. The van der Waals surface area contributed by atoms with Crippen LogP contribution < -0.4 is 0 Å². The minimum atomic E-state index is -0.452. The highest BCUT2D eigenvalue weighted by atomic mass is 32.2. The summed E-state index contributed by atoms with van der Waals surface area (Å²) in [5.74, 6) is -0.570. The van der Waals surface area contributed by atoms with E-state index in [-0.39, 0.29) is 17.4 Å². The zero-order valence-corrected chi connectivity index (χ0v) is 11.9. The van der Waals surface area contributed by atoms with Crippen molar-refractivity contribution in [1.29, 1.82) is 0 Å². The molecule has 1 N–H and O–H groups in total. The molecule has 1 aromatic heterocycles. The molecule has 0 aliphatic rings. The zero-order chi connectivity index (χ0) is 14.1. The van der Waals surface area contributed by atoms with E-state index in [4.69, 9.17) is 9.47 Å². The van der Waals surface area contributed by atoms with Gasteiger partial charge in [-0.2, -0.15) is 0 Å². The van der Waals surface area contributed by atoms with E-state index in [9.17, 15) is 9.59 Å². The van der Waals surface area contributed by atoms with Gasteiger partial charge in [-0.05, 0) is 13.3 Å². The summed E-state index contributed by atoms with van der Waals surface area (Å²) in [7, 11) is 0. The number of nitrogens with zero attached hydrogens (tertiary/aromatic N) is 1. The van der Waals surface area contributed by atoms with Crippen LogP contribution in [0.1, 0.15) is 37.2 Å². The van der Waals surface area contributed by atoms with Gasteiger partial charge >= 0.3 is 11.9 Å². The summed E-state index contributed by atoms with van der Waals surface area (Å²) in [4.78, 5) is 29.5. The number of carbonyl (C=O) groups excluding carboxylic acids is 2. The number of ether oxygens (including phenoxy) is 2. The van der Waals surface area contributed by atoms with Crippen molar-refractivity contribution in [3.63, 3.8) is 0 Å². The van der Waals surface area contributed by atoms with E-state index in [0.29, 0.717) is 18.4 Å². The number of carbonyl (C=O) groups is 2. The van der Waals surface area contributed by atoms with Crippen molar-refractivity contribution in [3.05, 3.63) is 11.9 Å². The fourth-order valence-corrected chi connectivity index (χ4v) is 1.84. The summed E-state index contributed by atoms with van der Waals surface area (Å²) >= 11 is 1.19. The Hall–Kier alpha value is -1.50. The molecule has 1 aromatic rings. The number of hydrogen-bond donors (Lipinski definition) is 1. The molecule has 0 aliphatic heterocycles. The van der Waals surface area contributed by atoms with Gasteiger partial charge in [-0.25, -0.2) is 9.78 Å². The first-order valence-electron chi connectivity index (χ1n) is 6.17. The maximum absolute atomic E-state index is 11.4. The molecule has 1 rings (SSSR count). The molecule has 0 saturated heterocycles. The molecule has 0 amide bonds. The van der Waals surface area contributed by atoms with Crippen LogP contribution >= 0.6 is 11.8 Å². The third-order valence-corrected chi connectivity index (χ3v) is 3.00. The molecule has 0 unspecified atom stereocenters. The fraction of sp³-hybridized carbons (Fsp3) is 0.583. The topological polar surface area (TPSA) is 81.3 Å². The highest BCUT2D eigenvalue weighted by Gasteiger charge is 2.12. The average molecular weight is 286 g/mol. The van der Waals surface area contributed by atoms with Crippen molar-refractivity contribution in [2.45, 2.75) is 31.8 Å². The Morgan fingerprint density at radius 2 is 2.16 bits per heavy atom. The van der Waals surface area contributed by atoms with Crippen molar-refractivity contribution in [1.82, 2.24) is 9.97 Å². The number of thioether (sulfide) groups is 1. The molecule has 1 heterocycles. The first-order valence-corrected chi connectivity index (χ1v) is 7.16. The van der Waals surface area contributed by atoms with Gasteiger partial charge in [-0.15, -0.1) is 0 Å². The van der Waals surface area contributed by atoms with Crippen LogP contribution in [0.4, 0.5) is 0 Å². The van der Waals surface area contributed by atoms with Crippen molar-refractivity contribution < 1.29 is 19.1 Å². The lowest BCUT2D eigenvalue weighted by molar-refractivity contribution is -0.140. The lowest BCUT2D eigenvalue weighted by Crippen LogP contribution is -2.08. The molecule has 6 nitrogen and oxygen atoms in total. The van der Waals surface area contributed by atoms with Crippen LogP contribution in [0.2, 0.25) is 0 Å². The first-order chi connectivity index (χ1) is 9.17. The van der Waals surface area contributed by atoms with Crippen LogP contribution in [0.5, 0.6) is 0 Å². The van der Waals surface area contributed by atoms with Gasteiger partial charge in [0.1, 0.15) is 5.69 Å². The van der Waals surface area contributed by atoms with E-state index in [0.717, 1.165) is 12.8 Å². The van der Waals surface area contributed by atoms with Gasteiger partial charge in [0.05, 0.1) is 25.2 Å². The second kappa shape index (κ2) is 8.58. The maximum Gasteiger partial charge on any atom is 0.356 e. The minimum Gasteiger partial charge on any atom is -0.465 e. The minimum absolute atomic E-state index is 0.166. The van der Waals surface area contributed by atoms with E-state index >= 15 is 0 Å². The van der Waals surface area contributed by atoms with E-state index in [1.807, 2.05) is 6.92 Å². The number of esters is 2. The summed E-state index contributed by atoms with van der Waals surface area (Å²) in [5, 5.41) is 0.496. The molecule has 0 fully saturated rings. The Labute approximate surface area is 116 Å². The lowest BCUT2D eigenvalue weighted by Gasteiger charge is -2.02. The molecule has 7 heteroatoms. The van der Waals surface area contributed by atoms with Crippen LogP contribution in [0.15, 0.2) is 11.4 Å². The van der Waals surface area contributed by atoms with Crippen LogP contribution in [-0.2, 0) is 14.3 Å². The number of unbranched alkanes of at least 4 members (excludes halogenated alkanes) is 1. The molecular weight excluding hydrogens is 268 g/mol. The molecule has 0 saturated carbocycles. The second-order valence-corrected chi connectivity index (χ2v) is 4.65. The quantitative estimate of drug-likeness (QED) is 0.447. The number of rotatable bonds is 8. The Bertz CT molecular complexity index is 420. The van der Waals surface area contributed by atoms with Crippen molar-refractivity contribution in [2.24, 2.45) is 0 Å². The standard InChI is InChI=1S/C12H18N2O4S/c1-3-5-6-18-10(15)8-19-12-13-7-9(14-12)11(16)17-4-2/h7H,3-6,8H2,1-2H3,(H,13,14). The summed E-state index contributed by atoms with van der Waals surface area (Å²) in [6, 6.07) is 0. The molecule has 0 aliphatic carbocycles. The van der Waals surface area contributed by atoms with Crippen molar-refractivity contribution in [2.75, 3.05) is 19.0 Å². The van der Waals surface area contributed by atoms with Gasteiger partial charge in [0.2, 0.25) is 0 Å². The molecule has 19 heavy (non-hydrogen) atoms. The van der Waals surface area contributed by atoms with Crippen molar-refractivity contribution >= 4 is 23.7 Å². The SMILES string of the molecule is CCCCOC(=O)CSc1ncc(C(=O)OCC)[nH]1. The average Bonchev–Trinajstić information content (AvgIpc) is 2.86. The van der Waals surface area contributed by atoms with Gasteiger partial charge in [0.25, 0.3) is 0 Å². The smallest absolute Gasteiger partial charge is 0.356 e. The number of hydrogen-bond acceptors (Lipinski definition) is 6. The van der Waals surface area contributed by atoms with Crippen LogP contribution in [0.25, 0.3) is 0 Å². The van der Waals surface area contributed by atoms with Gasteiger partial charge in [0.15, 0.2) is 5.16 Å². The number of imidazole rings is 1. The Morgan fingerprint density at radius 1 is 1.37 bits per heavy atom.